The highest BCUT2D eigenvalue weighted by Crippen LogP contribution is 2.24. The van der Waals surface area contributed by atoms with Gasteiger partial charge in [0.25, 0.3) is 5.91 Å². The Bertz CT molecular complexity index is 596. The molecule has 3 rings (SSSR count). The Hall–Kier alpha value is -2.08. The van der Waals surface area contributed by atoms with E-state index in [1.807, 2.05) is 24.3 Å². The fraction of sp³-hybridized carbons (Fsp3) is 0.579. The molecule has 1 aromatic rings. The SMILES string of the molecule is O=C(N[C@H]1CCCCC[C@H]1C(=O)O)c1ccc(N2CCOCC2)cc1. The van der Waals surface area contributed by atoms with Crippen LogP contribution in [0.3, 0.4) is 0 Å². The molecule has 1 aliphatic carbocycles. The summed E-state index contributed by atoms with van der Waals surface area (Å²) in [4.78, 5) is 26.3. The zero-order valence-corrected chi connectivity index (χ0v) is 14.4. The van der Waals surface area contributed by atoms with Gasteiger partial charge in [-0.25, -0.2) is 0 Å². The molecule has 2 N–H and O–H groups in total. The fourth-order valence-corrected chi connectivity index (χ4v) is 3.67. The molecule has 6 heteroatoms. The number of carboxylic acid groups (broad SMARTS) is 1. The topological polar surface area (TPSA) is 78.9 Å². The molecule has 1 amide bonds. The van der Waals surface area contributed by atoms with E-state index in [2.05, 4.69) is 10.2 Å². The molecule has 136 valence electrons. The molecule has 2 atom stereocenters. The Labute approximate surface area is 148 Å². The van der Waals surface area contributed by atoms with Crippen LogP contribution in [0.1, 0.15) is 42.5 Å². The number of anilines is 1. The lowest BCUT2D eigenvalue weighted by atomic mass is 9.94. The maximum absolute atomic E-state index is 12.5. The maximum atomic E-state index is 12.5. The van der Waals surface area contributed by atoms with Crippen LogP contribution in [0.5, 0.6) is 0 Å². The van der Waals surface area contributed by atoms with Gasteiger partial charge >= 0.3 is 5.97 Å². The summed E-state index contributed by atoms with van der Waals surface area (Å²) in [6.07, 6.45) is 4.28. The zero-order valence-electron chi connectivity index (χ0n) is 14.4. The molecule has 1 saturated heterocycles. The van der Waals surface area contributed by atoms with Crippen molar-refractivity contribution in [1.29, 1.82) is 0 Å². The lowest BCUT2D eigenvalue weighted by molar-refractivity contribution is -0.142. The second kappa shape index (κ2) is 8.34. The van der Waals surface area contributed by atoms with Gasteiger partial charge < -0.3 is 20.1 Å². The molecule has 0 unspecified atom stereocenters. The number of amides is 1. The van der Waals surface area contributed by atoms with Crippen LogP contribution < -0.4 is 10.2 Å². The monoisotopic (exact) mass is 346 g/mol. The molecule has 1 aliphatic heterocycles. The highest BCUT2D eigenvalue weighted by atomic mass is 16.5. The van der Waals surface area contributed by atoms with Crippen LogP contribution in [-0.2, 0) is 9.53 Å². The lowest BCUT2D eigenvalue weighted by Gasteiger charge is -2.29. The number of carbonyl (C=O) groups is 2. The Morgan fingerprint density at radius 3 is 2.40 bits per heavy atom. The first-order valence-corrected chi connectivity index (χ1v) is 9.11. The van der Waals surface area contributed by atoms with E-state index < -0.39 is 11.9 Å². The first-order chi connectivity index (χ1) is 12.1. The summed E-state index contributed by atoms with van der Waals surface area (Å²) in [6, 6.07) is 7.23. The Balaban J connectivity index is 1.64. The number of ether oxygens (including phenoxy) is 1. The van der Waals surface area contributed by atoms with Gasteiger partial charge in [-0.3, -0.25) is 9.59 Å². The minimum atomic E-state index is -0.810. The van der Waals surface area contributed by atoms with E-state index in [9.17, 15) is 14.7 Å². The van der Waals surface area contributed by atoms with Crippen molar-refractivity contribution in [2.45, 2.75) is 38.1 Å². The molecular weight excluding hydrogens is 320 g/mol. The minimum Gasteiger partial charge on any atom is -0.481 e. The van der Waals surface area contributed by atoms with E-state index in [-0.39, 0.29) is 11.9 Å². The number of hydrogen-bond donors (Lipinski definition) is 2. The quantitative estimate of drug-likeness (QED) is 0.818. The van der Waals surface area contributed by atoms with Crippen molar-refractivity contribution >= 4 is 17.6 Å². The van der Waals surface area contributed by atoms with Crippen LogP contribution in [-0.4, -0.2) is 49.3 Å². The normalized spacial score (nSPS) is 24.4. The van der Waals surface area contributed by atoms with Crippen molar-refractivity contribution in [2.75, 3.05) is 31.2 Å². The molecular formula is C19H26N2O4. The second-order valence-electron chi connectivity index (χ2n) is 6.81. The summed E-state index contributed by atoms with van der Waals surface area (Å²) in [5.74, 6) is -1.49. The molecule has 1 saturated carbocycles. The number of nitrogens with one attached hydrogen (secondary N) is 1. The third kappa shape index (κ3) is 4.51. The number of aliphatic carboxylic acids is 1. The largest absolute Gasteiger partial charge is 0.481 e. The van der Waals surface area contributed by atoms with Gasteiger partial charge in [0, 0.05) is 30.4 Å². The van der Waals surface area contributed by atoms with Crippen LogP contribution in [0.25, 0.3) is 0 Å². The molecule has 2 fully saturated rings. The van der Waals surface area contributed by atoms with Gasteiger partial charge in [0.1, 0.15) is 0 Å². The maximum Gasteiger partial charge on any atom is 0.308 e. The van der Waals surface area contributed by atoms with E-state index in [4.69, 9.17) is 4.74 Å². The predicted molar refractivity (Wildman–Crippen MR) is 94.9 cm³/mol. The predicted octanol–water partition coefficient (Wildman–Crippen LogP) is 2.29. The summed E-state index contributed by atoms with van der Waals surface area (Å²) in [6.45, 7) is 3.16. The van der Waals surface area contributed by atoms with Gasteiger partial charge in [-0.1, -0.05) is 19.3 Å². The summed E-state index contributed by atoms with van der Waals surface area (Å²) in [7, 11) is 0. The van der Waals surface area contributed by atoms with Crippen LogP contribution in [0.4, 0.5) is 5.69 Å². The van der Waals surface area contributed by atoms with Gasteiger partial charge in [0.05, 0.1) is 19.1 Å². The average molecular weight is 346 g/mol. The fourth-order valence-electron chi connectivity index (χ4n) is 3.67. The summed E-state index contributed by atoms with van der Waals surface area (Å²) in [5.41, 5.74) is 1.66. The van der Waals surface area contributed by atoms with Crippen molar-refractivity contribution in [3.8, 4) is 0 Å². The van der Waals surface area contributed by atoms with E-state index >= 15 is 0 Å². The van der Waals surface area contributed by atoms with Gasteiger partial charge in [0.2, 0.25) is 0 Å². The standard InChI is InChI=1S/C19H26N2O4/c22-18(20-17-5-3-1-2-4-16(17)19(23)24)14-6-8-15(9-7-14)21-10-12-25-13-11-21/h6-9,16-17H,1-5,10-13H2,(H,20,22)(H,23,24)/t16-,17+/m1/s1. The zero-order chi connectivity index (χ0) is 17.6. The van der Waals surface area contributed by atoms with E-state index in [1.54, 1.807) is 0 Å². The van der Waals surface area contributed by atoms with E-state index in [0.717, 1.165) is 57.7 Å². The number of hydrogen-bond acceptors (Lipinski definition) is 4. The first-order valence-electron chi connectivity index (χ1n) is 9.11. The number of carboxylic acids is 1. The van der Waals surface area contributed by atoms with Crippen molar-refractivity contribution in [3.05, 3.63) is 29.8 Å². The molecule has 2 aliphatic rings. The molecule has 0 aromatic heterocycles. The molecule has 6 nitrogen and oxygen atoms in total. The van der Waals surface area contributed by atoms with Gasteiger partial charge in [-0.15, -0.1) is 0 Å². The van der Waals surface area contributed by atoms with E-state index in [0.29, 0.717) is 12.0 Å². The van der Waals surface area contributed by atoms with E-state index in [1.165, 1.54) is 0 Å². The Morgan fingerprint density at radius 2 is 1.72 bits per heavy atom. The van der Waals surface area contributed by atoms with Gasteiger partial charge in [-0.2, -0.15) is 0 Å². The average Bonchev–Trinajstić information content (AvgIpc) is 2.88. The van der Waals surface area contributed by atoms with Crippen LogP contribution in [0.15, 0.2) is 24.3 Å². The second-order valence-corrected chi connectivity index (χ2v) is 6.81. The molecule has 1 aromatic carbocycles. The van der Waals surface area contributed by atoms with Crippen LogP contribution >= 0.6 is 0 Å². The third-order valence-electron chi connectivity index (χ3n) is 5.16. The third-order valence-corrected chi connectivity index (χ3v) is 5.16. The Morgan fingerprint density at radius 1 is 1.04 bits per heavy atom. The number of morpholine rings is 1. The molecule has 25 heavy (non-hydrogen) atoms. The number of nitrogens with zero attached hydrogens (tertiary/aromatic N) is 1. The number of rotatable bonds is 4. The number of benzene rings is 1. The highest BCUT2D eigenvalue weighted by molar-refractivity contribution is 5.95. The molecule has 0 radical (unpaired) electrons. The summed E-state index contributed by atoms with van der Waals surface area (Å²) < 4.78 is 5.35. The van der Waals surface area contributed by atoms with Crippen LogP contribution in [0, 0.1) is 5.92 Å². The van der Waals surface area contributed by atoms with Crippen molar-refractivity contribution in [2.24, 2.45) is 5.92 Å². The summed E-state index contributed by atoms with van der Waals surface area (Å²) >= 11 is 0. The Kier molecular flexibility index (Phi) is 5.91. The smallest absolute Gasteiger partial charge is 0.308 e. The summed E-state index contributed by atoms with van der Waals surface area (Å²) in [5, 5.41) is 12.4. The number of carbonyl (C=O) groups excluding carboxylic acids is 1. The van der Waals surface area contributed by atoms with Crippen molar-refractivity contribution < 1.29 is 19.4 Å². The molecule has 0 bridgehead atoms. The van der Waals surface area contributed by atoms with Crippen molar-refractivity contribution in [3.63, 3.8) is 0 Å². The van der Waals surface area contributed by atoms with Gasteiger partial charge in [0.15, 0.2) is 0 Å². The lowest BCUT2D eigenvalue weighted by Crippen LogP contribution is -2.42. The van der Waals surface area contributed by atoms with Crippen LogP contribution in [0.2, 0.25) is 0 Å². The minimum absolute atomic E-state index is 0.188. The molecule has 0 spiro atoms. The highest BCUT2D eigenvalue weighted by Gasteiger charge is 2.30. The molecule has 1 heterocycles. The first kappa shape index (κ1) is 17.7. The van der Waals surface area contributed by atoms with Gasteiger partial charge in [-0.05, 0) is 37.1 Å². The van der Waals surface area contributed by atoms with Crippen molar-refractivity contribution in [1.82, 2.24) is 5.32 Å².